The van der Waals surface area contributed by atoms with Crippen LogP contribution in [-0.2, 0) is 0 Å². The molecule has 0 saturated carbocycles. The fourth-order valence-corrected chi connectivity index (χ4v) is 3.15. The average Bonchev–Trinajstić information content (AvgIpc) is 2.33. The summed E-state index contributed by atoms with van der Waals surface area (Å²) in [4.78, 5) is 17.5. The number of aromatic nitrogens is 1. The number of carboxylic acid groups (broad SMARTS) is 1. The van der Waals surface area contributed by atoms with Crippen LogP contribution in [0.15, 0.2) is 12.3 Å². The third-order valence-corrected chi connectivity index (χ3v) is 4.67. The minimum atomic E-state index is -1.01. The van der Waals surface area contributed by atoms with Crippen LogP contribution in [0.1, 0.15) is 24.2 Å². The zero-order valence-corrected chi connectivity index (χ0v) is 11.3. The molecule has 2 atom stereocenters. The van der Waals surface area contributed by atoms with Crippen LogP contribution in [0.2, 0.25) is 0 Å². The number of carboxylic acids is 1. The van der Waals surface area contributed by atoms with Crippen molar-refractivity contribution in [2.45, 2.75) is 25.1 Å². The molecule has 1 saturated heterocycles. The van der Waals surface area contributed by atoms with Gasteiger partial charge in [-0.25, -0.2) is 9.78 Å². The molecule has 1 aliphatic heterocycles. The van der Waals surface area contributed by atoms with Crippen molar-refractivity contribution in [1.82, 2.24) is 4.98 Å². The molecular formula is C12H17N3O2S. The van der Waals surface area contributed by atoms with Gasteiger partial charge in [0.05, 0.1) is 17.4 Å². The summed E-state index contributed by atoms with van der Waals surface area (Å²) >= 11 is 1.93. The lowest BCUT2D eigenvalue weighted by Gasteiger charge is -2.38. The molecule has 6 heteroatoms. The number of nitrogen functional groups attached to an aromatic ring is 1. The quantitative estimate of drug-likeness (QED) is 0.849. The smallest absolute Gasteiger partial charge is 0.337 e. The van der Waals surface area contributed by atoms with Crippen LogP contribution in [0.5, 0.6) is 0 Å². The van der Waals surface area contributed by atoms with E-state index in [0.29, 0.717) is 17.1 Å². The van der Waals surface area contributed by atoms with Gasteiger partial charge in [0.15, 0.2) is 0 Å². The van der Waals surface area contributed by atoms with E-state index in [9.17, 15) is 4.79 Å². The van der Waals surface area contributed by atoms with Crippen LogP contribution in [-0.4, -0.2) is 39.6 Å². The molecule has 0 radical (unpaired) electrons. The molecule has 18 heavy (non-hydrogen) atoms. The molecule has 2 heterocycles. The molecule has 2 unspecified atom stereocenters. The van der Waals surface area contributed by atoms with Crippen LogP contribution in [0.3, 0.4) is 0 Å². The van der Waals surface area contributed by atoms with E-state index in [0.717, 1.165) is 12.3 Å². The van der Waals surface area contributed by atoms with Crippen LogP contribution in [0, 0.1) is 0 Å². The fourth-order valence-electron chi connectivity index (χ4n) is 2.05. The van der Waals surface area contributed by atoms with Crippen molar-refractivity contribution in [3.63, 3.8) is 0 Å². The van der Waals surface area contributed by atoms with Crippen molar-refractivity contribution >= 4 is 29.2 Å². The minimum Gasteiger partial charge on any atom is -0.478 e. The zero-order valence-electron chi connectivity index (χ0n) is 10.5. The summed E-state index contributed by atoms with van der Waals surface area (Å²) in [7, 11) is 0. The first-order chi connectivity index (χ1) is 8.50. The normalized spacial score (nSPS) is 24.0. The SMILES string of the molecule is CC1SCCN(c2cc(C(=O)O)c(N)cn2)C1C. The Labute approximate surface area is 110 Å². The highest BCUT2D eigenvalue weighted by Crippen LogP contribution is 2.29. The number of anilines is 2. The van der Waals surface area contributed by atoms with Gasteiger partial charge in [-0.2, -0.15) is 11.8 Å². The molecule has 1 aromatic heterocycles. The molecule has 5 nitrogen and oxygen atoms in total. The Morgan fingerprint density at radius 3 is 3.00 bits per heavy atom. The number of thioether (sulfide) groups is 1. The van der Waals surface area contributed by atoms with Crippen LogP contribution in [0.25, 0.3) is 0 Å². The highest BCUT2D eigenvalue weighted by molar-refractivity contribution is 8.00. The molecular weight excluding hydrogens is 250 g/mol. The summed E-state index contributed by atoms with van der Waals surface area (Å²) in [6.45, 7) is 5.19. The van der Waals surface area contributed by atoms with Gasteiger partial charge in [-0.05, 0) is 13.0 Å². The maximum atomic E-state index is 11.1. The molecule has 1 fully saturated rings. The molecule has 0 spiro atoms. The lowest BCUT2D eigenvalue weighted by molar-refractivity contribution is 0.0698. The second-order valence-corrected chi connectivity index (χ2v) is 5.93. The molecule has 0 bridgehead atoms. The molecule has 1 aliphatic rings. The Balaban J connectivity index is 2.33. The monoisotopic (exact) mass is 267 g/mol. The molecule has 1 aromatic rings. The Morgan fingerprint density at radius 2 is 2.33 bits per heavy atom. The van der Waals surface area contributed by atoms with Crippen LogP contribution >= 0.6 is 11.8 Å². The summed E-state index contributed by atoms with van der Waals surface area (Å²) < 4.78 is 0. The van der Waals surface area contributed by atoms with Gasteiger partial charge >= 0.3 is 5.97 Å². The van der Waals surface area contributed by atoms with Crippen molar-refractivity contribution in [2.75, 3.05) is 22.9 Å². The van der Waals surface area contributed by atoms with Crippen molar-refractivity contribution in [3.05, 3.63) is 17.8 Å². The van der Waals surface area contributed by atoms with Gasteiger partial charge in [0.1, 0.15) is 5.82 Å². The summed E-state index contributed by atoms with van der Waals surface area (Å²) in [5.74, 6) is 0.712. The second-order valence-electron chi connectivity index (χ2n) is 4.44. The van der Waals surface area contributed by atoms with Gasteiger partial charge in [-0.15, -0.1) is 0 Å². The van der Waals surface area contributed by atoms with E-state index in [-0.39, 0.29) is 11.3 Å². The van der Waals surface area contributed by atoms with E-state index in [4.69, 9.17) is 10.8 Å². The number of rotatable bonds is 2. The standard InChI is InChI=1S/C12H17N3O2S/c1-7-8(2)18-4-3-15(7)11-5-9(12(16)17)10(13)6-14-11/h5-8H,3-4,13H2,1-2H3,(H,16,17). The van der Waals surface area contributed by atoms with E-state index >= 15 is 0 Å². The van der Waals surface area contributed by atoms with Gasteiger partial charge in [0.2, 0.25) is 0 Å². The maximum Gasteiger partial charge on any atom is 0.337 e. The fraction of sp³-hybridized carbons (Fsp3) is 0.500. The Morgan fingerprint density at radius 1 is 1.61 bits per heavy atom. The van der Waals surface area contributed by atoms with Crippen LogP contribution in [0.4, 0.5) is 11.5 Å². The van der Waals surface area contributed by atoms with E-state index < -0.39 is 5.97 Å². The molecule has 98 valence electrons. The van der Waals surface area contributed by atoms with Crippen molar-refractivity contribution in [1.29, 1.82) is 0 Å². The topological polar surface area (TPSA) is 79.5 Å². The van der Waals surface area contributed by atoms with Crippen molar-refractivity contribution in [2.24, 2.45) is 0 Å². The molecule has 0 aliphatic carbocycles. The summed E-state index contributed by atoms with van der Waals surface area (Å²) in [5.41, 5.74) is 5.95. The van der Waals surface area contributed by atoms with Gasteiger partial charge in [-0.1, -0.05) is 6.92 Å². The lowest BCUT2D eigenvalue weighted by atomic mass is 10.1. The van der Waals surface area contributed by atoms with Crippen LogP contribution < -0.4 is 10.6 Å². The Hall–Kier alpha value is -1.43. The summed E-state index contributed by atoms with van der Waals surface area (Å²) in [6.07, 6.45) is 1.43. The third kappa shape index (κ3) is 2.38. The zero-order chi connectivity index (χ0) is 13.3. The first-order valence-electron chi connectivity index (χ1n) is 5.87. The third-order valence-electron chi connectivity index (χ3n) is 3.33. The number of pyridine rings is 1. The number of nitrogens with zero attached hydrogens (tertiary/aromatic N) is 2. The number of nitrogens with two attached hydrogens (primary N) is 1. The van der Waals surface area contributed by atoms with E-state index in [1.54, 1.807) is 6.07 Å². The lowest BCUT2D eigenvalue weighted by Crippen LogP contribution is -2.45. The van der Waals surface area contributed by atoms with E-state index in [1.807, 2.05) is 11.8 Å². The predicted octanol–water partition coefficient (Wildman–Crippen LogP) is 1.69. The van der Waals surface area contributed by atoms with E-state index in [1.165, 1.54) is 6.20 Å². The van der Waals surface area contributed by atoms with Gasteiger partial charge in [0, 0.05) is 23.6 Å². The van der Waals surface area contributed by atoms with Crippen molar-refractivity contribution < 1.29 is 9.90 Å². The molecule has 2 rings (SSSR count). The minimum absolute atomic E-state index is 0.123. The summed E-state index contributed by atoms with van der Waals surface area (Å²) in [6, 6.07) is 1.90. The second kappa shape index (κ2) is 5.06. The van der Waals surface area contributed by atoms with E-state index in [2.05, 4.69) is 23.7 Å². The number of aromatic carboxylic acids is 1. The van der Waals surface area contributed by atoms with Crippen molar-refractivity contribution in [3.8, 4) is 0 Å². The summed E-state index contributed by atoms with van der Waals surface area (Å²) in [5, 5.41) is 9.58. The molecule has 0 amide bonds. The maximum absolute atomic E-state index is 11.1. The Kier molecular flexibility index (Phi) is 3.65. The molecule has 3 N–H and O–H groups in total. The first-order valence-corrected chi connectivity index (χ1v) is 6.92. The largest absolute Gasteiger partial charge is 0.478 e. The average molecular weight is 267 g/mol. The van der Waals surface area contributed by atoms with Gasteiger partial charge in [0.25, 0.3) is 0 Å². The number of hydrogen-bond acceptors (Lipinski definition) is 5. The highest BCUT2D eigenvalue weighted by Gasteiger charge is 2.26. The Bertz CT molecular complexity index is 467. The first kappa shape index (κ1) is 13.0. The van der Waals surface area contributed by atoms with Gasteiger partial charge in [-0.3, -0.25) is 0 Å². The highest BCUT2D eigenvalue weighted by atomic mass is 32.2. The predicted molar refractivity (Wildman–Crippen MR) is 74.3 cm³/mol. The number of hydrogen-bond donors (Lipinski definition) is 2. The van der Waals surface area contributed by atoms with Gasteiger partial charge < -0.3 is 15.7 Å². The number of carbonyl (C=O) groups is 1. The molecule has 0 aromatic carbocycles.